The molecule has 1 aliphatic carbocycles. The van der Waals surface area contributed by atoms with Crippen LogP contribution in [-0.2, 0) is 0 Å². The van der Waals surface area contributed by atoms with Gasteiger partial charge in [0.1, 0.15) is 0 Å². The summed E-state index contributed by atoms with van der Waals surface area (Å²) in [5.74, 6) is 0. The molecule has 0 radical (unpaired) electrons. The normalized spacial score (nSPS) is 20.6. The van der Waals surface area contributed by atoms with Crippen LogP contribution in [0.4, 0.5) is 0 Å². The molecule has 0 aliphatic heterocycles. The third-order valence-electron chi connectivity index (χ3n) is 2.38. The van der Waals surface area contributed by atoms with Gasteiger partial charge in [0.25, 0.3) is 0 Å². The summed E-state index contributed by atoms with van der Waals surface area (Å²) in [6.07, 6.45) is 6.94. The summed E-state index contributed by atoms with van der Waals surface area (Å²) in [6.45, 7) is 4.40. The van der Waals surface area contributed by atoms with E-state index in [0.29, 0.717) is 6.04 Å². The molecule has 1 nitrogen and oxygen atoms in total. The van der Waals surface area contributed by atoms with Crippen molar-refractivity contribution >= 4 is 0 Å². The van der Waals surface area contributed by atoms with Crippen molar-refractivity contribution in [3.05, 3.63) is 23.3 Å². The standard InChI is InChI=1S/C10H17N/c1-8-4-6-10(7-5-8)9(2)11-3/h4,6,9,11H,5,7H2,1-3H3. The van der Waals surface area contributed by atoms with Crippen molar-refractivity contribution in [3.8, 4) is 0 Å². The van der Waals surface area contributed by atoms with Crippen molar-refractivity contribution in [2.24, 2.45) is 0 Å². The summed E-state index contributed by atoms with van der Waals surface area (Å²) in [5, 5.41) is 3.25. The van der Waals surface area contributed by atoms with E-state index in [2.05, 4.69) is 31.3 Å². The number of allylic oxidation sites excluding steroid dienone is 3. The van der Waals surface area contributed by atoms with E-state index in [1.807, 2.05) is 7.05 Å². The maximum atomic E-state index is 3.25. The largest absolute Gasteiger partial charge is 0.314 e. The van der Waals surface area contributed by atoms with Crippen LogP contribution in [-0.4, -0.2) is 13.1 Å². The van der Waals surface area contributed by atoms with E-state index < -0.39 is 0 Å². The lowest BCUT2D eigenvalue weighted by atomic mass is 9.95. The van der Waals surface area contributed by atoms with Gasteiger partial charge in [-0.05, 0) is 33.7 Å². The first-order valence-electron chi connectivity index (χ1n) is 4.27. The van der Waals surface area contributed by atoms with Crippen LogP contribution in [0.15, 0.2) is 23.3 Å². The fraction of sp³-hybridized carbons (Fsp3) is 0.600. The lowest BCUT2D eigenvalue weighted by Gasteiger charge is -2.17. The van der Waals surface area contributed by atoms with Gasteiger partial charge in [0.15, 0.2) is 0 Å². The van der Waals surface area contributed by atoms with Gasteiger partial charge in [0, 0.05) is 6.04 Å². The molecule has 1 rings (SSSR count). The molecule has 0 aromatic rings. The average Bonchev–Trinajstić information content (AvgIpc) is 2.05. The summed E-state index contributed by atoms with van der Waals surface area (Å²) in [5.41, 5.74) is 3.02. The van der Waals surface area contributed by atoms with E-state index in [1.165, 1.54) is 24.0 Å². The number of likely N-dealkylation sites (N-methyl/N-ethyl adjacent to an activating group) is 1. The average molecular weight is 151 g/mol. The molecule has 0 heterocycles. The first-order chi connectivity index (χ1) is 5.24. The van der Waals surface area contributed by atoms with E-state index in [1.54, 1.807) is 0 Å². The summed E-state index contributed by atoms with van der Waals surface area (Å²) >= 11 is 0. The molecule has 0 saturated carbocycles. The predicted molar refractivity (Wildman–Crippen MR) is 49.6 cm³/mol. The predicted octanol–water partition coefficient (Wildman–Crippen LogP) is 2.26. The Morgan fingerprint density at radius 1 is 1.36 bits per heavy atom. The second-order valence-corrected chi connectivity index (χ2v) is 3.26. The first-order valence-corrected chi connectivity index (χ1v) is 4.27. The molecule has 62 valence electrons. The lowest BCUT2D eigenvalue weighted by molar-refractivity contribution is 0.654. The molecular weight excluding hydrogens is 134 g/mol. The highest BCUT2D eigenvalue weighted by Gasteiger charge is 2.08. The van der Waals surface area contributed by atoms with Crippen LogP contribution in [0.1, 0.15) is 26.7 Å². The zero-order valence-electron chi connectivity index (χ0n) is 7.65. The smallest absolute Gasteiger partial charge is 0.0251 e. The molecule has 11 heavy (non-hydrogen) atoms. The highest BCUT2D eigenvalue weighted by Crippen LogP contribution is 2.19. The molecule has 0 fully saturated rings. The van der Waals surface area contributed by atoms with Crippen LogP contribution in [0.3, 0.4) is 0 Å². The highest BCUT2D eigenvalue weighted by atomic mass is 14.9. The van der Waals surface area contributed by atoms with E-state index in [9.17, 15) is 0 Å². The fourth-order valence-electron chi connectivity index (χ4n) is 1.30. The van der Waals surface area contributed by atoms with E-state index in [0.717, 1.165) is 0 Å². The molecule has 1 N–H and O–H groups in total. The lowest BCUT2D eigenvalue weighted by Crippen LogP contribution is -2.24. The maximum absolute atomic E-state index is 3.25. The van der Waals surface area contributed by atoms with Gasteiger partial charge < -0.3 is 5.32 Å². The van der Waals surface area contributed by atoms with Crippen LogP contribution in [0.2, 0.25) is 0 Å². The molecule has 0 bridgehead atoms. The van der Waals surface area contributed by atoms with Gasteiger partial charge >= 0.3 is 0 Å². The van der Waals surface area contributed by atoms with Gasteiger partial charge in [-0.25, -0.2) is 0 Å². The molecule has 0 aromatic heterocycles. The Labute approximate surface area is 69.2 Å². The van der Waals surface area contributed by atoms with Crippen LogP contribution in [0, 0.1) is 0 Å². The van der Waals surface area contributed by atoms with Crippen LogP contribution >= 0.6 is 0 Å². The summed E-state index contributed by atoms with van der Waals surface area (Å²) in [7, 11) is 2.01. The Balaban J connectivity index is 2.60. The summed E-state index contributed by atoms with van der Waals surface area (Å²) in [6, 6.07) is 0.541. The molecule has 1 aliphatic rings. The van der Waals surface area contributed by atoms with Crippen molar-refractivity contribution < 1.29 is 0 Å². The van der Waals surface area contributed by atoms with E-state index in [-0.39, 0.29) is 0 Å². The van der Waals surface area contributed by atoms with Gasteiger partial charge in [-0.15, -0.1) is 0 Å². The molecule has 0 spiro atoms. The van der Waals surface area contributed by atoms with Crippen molar-refractivity contribution in [2.45, 2.75) is 32.7 Å². The molecule has 1 atom stereocenters. The first kappa shape index (κ1) is 8.54. The second-order valence-electron chi connectivity index (χ2n) is 3.26. The fourth-order valence-corrected chi connectivity index (χ4v) is 1.30. The Morgan fingerprint density at radius 3 is 2.55 bits per heavy atom. The van der Waals surface area contributed by atoms with Gasteiger partial charge in [-0.2, -0.15) is 0 Å². The number of hydrogen-bond donors (Lipinski definition) is 1. The van der Waals surface area contributed by atoms with E-state index in [4.69, 9.17) is 0 Å². The van der Waals surface area contributed by atoms with Crippen molar-refractivity contribution in [3.63, 3.8) is 0 Å². The minimum absolute atomic E-state index is 0.541. The molecule has 0 amide bonds. The van der Waals surface area contributed by atoms with Crippen molar-refractivity contribution in [2.75, 3.05) is 7.05 Å². The zero-order chi connectivity index (χ0) is 8.27. The number of nitrogens with one attached hydrogen (secondary N) is 1. The minimum Gasteiger partial charge on any atom is -0.314 e. The zero-order valence-corrected chi connectivity index (χ0v) is 7.65. The van der Waals surface area contributed by atoms with Crippen LogP contribution in [0.5, 0.6) is 0 Å². The van der Waals surface area contributed by atoms with Crippen molar-refractivity contribution in [1.29, 1.82) is 0 Å². The van der Waals surface area contributed by atoms with Crippen LogP contribution < -0.4 is 5.32 Å². The highest BCUT2D eigenvalue weighted by molar-refractivity contribution is 5.25. The van der Waals surface area contributed by atoms with Gasteiger partial charge in [-0.1, -0.05) is 23.3 Å². The Kier molecular flexibility index (Phi) is 2.89. The van der Waals surface area contributed by atoms with Crippen LogP contribution in [0.25, 0.3) is 0 Å². The SMILES string of the molecule is CNC(C)C1=CC=C(C)CC1. The minimum atomic E-state index is 0.541. The Bertz CT molecular complexity index is 189. The monoisotopic (exact) mass is 151 g/mol. The number of hydrogen-bond acceptors (Lipinski definition) is 1. The molecule has 0 aromatic carbocycles. The van der Waals surface area contributed by atoms with E-state index >= 15 is 0 Å². The van der Waals surface area contributed by atoms with Gasteiger partial charge in [-0.3, -0.25) is 0 Å². The molecule has 1 heteroatoms. The quantitative estimate of drug-likeness (QED) is 0.638. The van der Waals surface area contributed by atoms with Gasteiger partial charge in [0.2, 0.25) is 0 Å². The maximum Gasteiger partial charge on any atom is 0.0251 e. The topological polar surface area (TPSA) is 12.0 Å². The molecule has 1 unspecified atom stereocenters. The molecular formula is C10H17N. The third-order valence-corrected chi connectivity index (χ3v) is 2.38. The molecule has 0 saturated heterocycles. The summed E-state index contributed by atoms with van der Waals surface area (Å²) < 4.78 is 0. The Morgan fingerprint density at radius 2 is 2.09 bits per heavy atom. The van der Waals surface area contributed by atoms with Gasteiger partial charge in [0.05, 0.1) is 0 Å². The third kappa shape index (κ3) is 2.19. The Hall–Kier alpha value is -0.560. The number of rotatable bonds is 2. The summed E-state index contributed by atoms with van der Waals surface area (Å²) in [4.78, 5) is 0. The van der Waals surface area contributed by atoms with Crippen molar-refractivity contribution in [1.82, 2.24) is 5.32 Å². The second kappa shape index (κ2) is 3.72.